The minimum atomic E-state index is -1.000. The van der Waals surface area contributed by atoms with Gasteiger partial charge in [-0.2, -0.15) is 0 Å². The van der Waals surface area contributed by atoms with Crippen LogP contribution >= 0.6 is 0 Å². The molecule has 1 fully saturated rings. The van der Waals surface area contributed by atoms with Crippen molar-refractivity contribution in [1.82, 2.24) is 20.9 Å². The van der Waals surface area contributed by atoms with E-state index < -0.39 is 35.9 Å². The second-order valence-corrected chi connectivity index (χ2v) is 17.2. The van der Waals surface area contributed by atoms with E-state index in [1.54, 1.807) is 24.1 Å². The molecule has 1 heterocycles. The number of aromatic hydroxyl groups is 1. The summed E-state index contributed by atoms with van der Waals surface area (Å²) in [7, 11) is 1.79. The highest BCUT2D eigenvalue weighted by molar-refractivity contribution is 5.93. The van der Waals surface area contributed by atoms with Gasteiger partial charge in [-0.1, -0.05) is 143 Å². The summed E-state index contributed by atoms with van der Waals surface area (Å²) < 4.78 is 0. The van der Waals surface area contributed by atoms with Crippen LogP contribution in [0.3, 0.4) is 0 Å². The van der Waals surface area contributed by atoms with Crippen LogP contribution in [0.1, 0.15) is 107 Å². The van der Waals surface area contributed by atoms with Gasteiger partial charge in [0.25, 0.3) is 0 Å². The highest BCUT2D eigenvalue weighted by Gasteiger charge is 2.31. The normalized spacial score (nSPS) is 21.0. The highest BCUT2D eigenvalue weighted by Crippen LogP contribution is 2.23. The first-order chi connectivity index (χ1) is 30.5. The number of hydrogen-bond acceptors (Lipinski definition) is 6. The molecule has 4 unspecified atom stereocenters. The Labute approximate surface area is 373 Å². The monoisotopic (exact) mass is 860 g/mol. The van der Waals surface area contributed by atoms with Crippen LogP contribution in [0, 0.1) is 5.92 Å². The zero-order chi connectivity index (χ0) is 44.8. The van der Waals surface area contributed by atoms with E-state index in [0.29, 0.717) is 32.1 Å². The van der Waals surface area contributed by atoms with Crippen LogP contribution in [0.5, 0.6) is 5.75 Å². The van der Waals surface area contributed by atoms with Gasteiger partial charge in [0.2, 0.25) is 23.6 Å². The van der Waals surface area contributed by atoms with E-state index in [9.17, 15) is 24.3 Å². The topological polar surface area (TPSA) is 192 Å². The minimum absolute atomic E-state index is 0.0305. The van der Waals surface area contributed by atoms with Crippen LogP contribution in [0.15, 0.2) is 102 Å². The average molecular weight is 860 g/mol. The fourth-order valence-electron chi connectivity index (χ4n) is 8.54. The summed E-state index contributed by atoms with van der Waals surface area (Å²) in [6.07, 6.45) is 13.3. The van der Waals surface area contributed by atoms with Crippen LogP contribution in [0.4, 0.5) is 0 Å². The number of likely N-dealkylation sites (N-methyl/N-ethyl adjacent to an activating group) is 1. The van der Waals surface area contributed by atoms with Crippen molar-refractivity contribution in [3.8, 4) is 5.75 Å². The Kier molecular flexibility index (Phi) is 19.8. The smallest absolute Gasteiger partial charge is 0.243 e. The highest BCUT2D eigenvalue weighted by atomic mass is 16.3. The van der Waals surface area contributed by atoms with Crippen molar-refractivity contribution in [3.05, 3.63) is 114 Å². The molecule has 338 valence electrons. The molecule has 0 bridgehead atoms. The van der Waals surface area contributed by atoms with E-state index in [2.05, 4.69) is 39.1 Å². The molecule has 12 nitrogen and oxygen atoms in total. The zero-order valence-electron chi connectivity index (χ0n) is 37.1. The van der Waals surface area contributed by atoms with E-state index in [1.165, 1.54) is 0 Å². The van der Waals surface area contributed by atoms with Gasteiger partial charge in [-0.3, -0.25) is 24.2 Å². The Morgan fingerprint density at radius 2 is 1.25 bits per heavy atom. The van der Waals surface area contributed by atoms with Crippen LogP contribution < -0.4 is 27.4 Å². The number of hydrogen-bond donors (Lipinski definition) is 6. The van der Waals surface area contributed by atoms with Crippen molar-refractivity contribution >= 4 is 40.4 Å². The number of phenolic OH excluding ortho intramolecular Hbond substituents is 1. The average Bonchev–Trinajstić information content (AvgIpc) is 3.27. The molecule has 4 atom stereocenters. The Hall–Kier alpha value is -5.91. The van der Waals surface area contributed by atoms with Gasteiger partial charge in [-0.05, 0) is 78.1 Å². The maximum Gasteiger partial charge on any atom is 0.243 e. The summed E-state index contributed by atoms with van der Waals surface area (Å²) >= 11 is 0. The van der Waals surface area contributed by atoms with Gasteiger partial charge in [0.15, 0.2) is 5.96 Å². The molecule has 0 radical (unpaired) electrons. The Balaban J connectivity index is 1.45. The lowest BCUT2D eigenvalue weighted by Gasteiger charge is -2.29. The van der Waals surface area contributed by atoms with Gasteiger partial charge in [0, 0.05) is 38.9 Å². The number of nitrogens with two attached hydrogens (primary N) is 2. The number of guanidine groups is 1. The van der Waals surface area contributed by atoms with Crippen LogP contribution in [-0.4, -0.2) is 77.9 Å². The lowest BCUT2D eigenvalue weighted by Crippen LogP contribution is -2.57. The number of amides is 4. The summed E-state index contributed by atoms with van der Waals surface area (Å²) in [5.74, 6) is -1.42. The Morgan fingerprint density at radius 3 is 1.97 bits per heavy atom. The molecule has 4 amide bonds. The third-order valence-corrected chi connectivity index (χ3v) is 12.1. The summed E-state index contributed by atoms with van der Waals surface area (Å²) in [5.41, 5.74) is 14.1. The van der Waals surface area contributed by atoms with Gasteiger partial charge in [0.05, 0.1) is 6.04 Å². The minimum Gasteiger partial charge on any atom is -0.508 e. The second-order valence-electron chi connectivity index (χ2n) is 17.2. The third kappa shape index (κ3) is 16.7. The van der Waals surface area contributed by atoms with E-state index in [1.807, 2.05) is 66.7 Å². The summed E-state index contributed by atoms with van der Waals surface area (Å²) in [5, 5.41) is 21.5. The molecule has 0 aliphatic carbocycles. The van der Waals surface area contributed by atoms with Crippen LogP contribution in [0.2, 0.25) is 0 Å². The van der Waals surface area contributed by atoms with Crippen molar-refractivity contribution in [3.63, 3.8) is 0 Å². The Bertz CT molecular complexity index is 2070. The van der Waals surface area contributed by atoms with Crippen molar-refractivity contribution in [1.29, 1.82) is 0 Å². The van der Waals surface area contributed by atoms with Crippen molar-refractivity contribution in [2.24, 2.45) is 22.4 Å². The quantitative estimate of drug-likeness (QED) is 0.0571. The first-order valence-corrected chi connectivity index (χ1v) is 23.0. The maximum atomic E-state index is 14.6. The number of fused-ring (bicyclic) bond motifs is 1. The van der Waals surface area contributed by atoms with E-state index >= 15 is 0 Å². The largest absolute Gasteiger partial charge is 0.508 e. The number of nitrogens with one attached hydrogen (secondary N) is 3. The molecule has 8 N–H and O–H groups in total. The van der Waals surface area contributed by atoms with Crippen molar-refractivity contribution < 1.29 is 24.3 Å². The molecule has 1 aliphatic rings. The van der Waals surface area contributed by atoms with E-state index in [4.69, 9.17) is 11.5 Å². The van der Waals surface area contributed by atoms with Gasteiger partial charge in [-0.15, -0.1) is 0 Å². The molecule has 5 rings (SSSR count). The first kappa shape index (κ1) is 48.1. The van der Waals surface area contributed by atoms with Crippen molar-refractivity contribution in [2.45, 2.75) is 127 Å². The second kappa shape index (κ2) is 25.9. The molecule has 12 heteroatoms. The number of carbonyl (C=O) groups excluding carboxylic acids is 4. The van der Waals surface area contributed by atoms with E-state index in [0.717, 1.165) is 91.7 Å². The molecular weight excluding hydrogens is 791 g/mol. The van der Waals surface area contributed by atoms with E-state index in [-0.39, 0.29) is 49.5 Å². The lowest BCUT2D eigenvalue weighted by molar-refractivity contribution is -0.134. The number of carbonyl (C=O) groups is 4. The zero-order valence-corrected chi connectivity index (χ0v) is 37.1. The fraction of sp³-hybridized carbons (Fsp3) is 0.471. The molecule has 63 heavy (non-hydrogen) atoms. The predicted octanol–water partition coefficient (Wildman–Crippen LogP) is 6.85. The molecule has 0 saturated carbocycles. The lowest BCUT2D eigenvalue weighted by atomic mass is 9.91. The van der Waals surface area contributed by atoms with Gasteiger partial charge in [0.1, 0.15) is 17.8 Å². The number of nitrogens with zero attached hydrogens (tertiary/aromatic N) is 2. The molecule has 0 aromatic heterocycles. The molecular formula is C51H69N7O5. The summed E-state index contributed by atoms with van der Waals surface area (Å²) in [6, 6.07) is 28.2. The predicted molar refractivity (Wildman–Crippen MR) is 252 cm³/mol. The number of phenols is 1. The number of rotatable bonds is 10. The Morgan fingerprint density at radius 1 is 0.651 bits per heavy atom. The molecule has 1 saturated heterocycles. The SMILES string of the molecule is CN1CC(Cc2cccc3ccccc23)NC(=O)C(CCCN=C(N)N)NC(=O)C(Cc2ccccc2)NC(=O)C(Cc2ccc(O)cc2)CCCCCCCCCCCCC1=O. The van der Waals surface area contributed by atoms with Crippen LogP contribution in [-0.2, 0) is 38.4 Å². The molecule has 1 aliphatic heterocycles. The molecule has 4 aromatic rings. The first-order valence-electron chi connectivity index (χ1n) is 23.0. The molecule has 0 spiro atoms. The number of benzene rings is 4. The van der Waals surface area contributed by atoms with Gasteiger partial charge >= 0.3 is 0 Å². The van der Waals surface area contributed by atoms with Gasteiger partial charge in [-0.25, -0.2) is 0 Å². The van der Waals surface area contributed by atoms with Crippen LogP contribution in [0.25, 0.3) is 10.8 Å². The fourth-order valence-corrected chi connectivity index (χ4v) is 8.54. The number of aliphatic imine (C=N–C) groups is 1. The maximum absolute atomic E-state index is 14.6. The van der Waals surface area contributed by atoms with Gasteiger partial charge < -0.3 is 37.4 Å². The molecule has 4 aromatic carbocycles. The van der Waals surface area contributed by atoms with Crippen molar-refractivity contribution in [2.75, 3.05) is 20.1 Å². The standard InChI is InChI=1S/C51H69N7O5/c1-58-36-42(35-40-24-17-23-39-21-15-16-25-44(39)40)55-49(62)45(26-18-32-54-51(52)53)56-50(63)46(34-37-19-11-10-12-20-37)57-48(61)41(33-38-28-30-43(59)31-29-38)22-13-8-6-4-2-3-5-7-9-14-27-47(58)60/h10-12,15-17,19-21,23-25,28-31,41-42,45-46,59H,2-9,13-14,18,22,26-27,32-36H2,1H3,(H,55,62)(H,56,63)(H,57,61)(H4,52,53,54). The third-order valence-electron chi connectivity index (χ3n) is 12.1. The summed E-state index contributed by atoms with van der Waals surface area (Å²) in [6.45, 7) is 0.527. The summed E-state index contributed by atoms with van der Waals surface area (Å²) in [4.78, 5) is 62.8.